The zero-order valence-corrected chi connectivity index (χ0v) is 12.0. The molecule has 0 atom stereocenters. The standard InChI is InChI=1S/C12H6Br2OS/c13-7-5-6-9-12(11(7)14)16-10-4-2-1-3-8(10)15-9/h1-6H. The number of rotatable bonds is 0. The van der Waals surface area contributed by atoms with Gasteiger partial charge in [0.2, 0.25) is 0 Å². The Kier molecular flexibility index (Phi) is 2.73. The third-order valence-corrected chi connectivity index (χ3v) is 5.74. The van der Waals surface area contributed by atoms with Gasteiger partial charge in [0, 0.05) is 8.95 Å². The van der Waals surface area contributed by atoms with E-state index in [2.05, 4.69) is 37.9 Å². The van der Waals surface area contributed by atoms with E-state index in [9.17, 15) is 0 Å². The normalized spacial score (nSPS) is 12.6. The van der Waals surface area contributed by atoms with Crippen molar-refractivity contribution in [2.24, 2.45) is 0 Å². The molecule has 0 fully saturated rings. The molecule has 2 aromatic carbocycles. The smallest absolute Gasteiger partial charge is 0.142 e. The Morgan fingerprint density at radius 2 is 1.75 bits per heavy atom. The van der Waals surface area contributed by atoms with Gasteiger partial charge in [-0.1, -0.05) is 23.9 Å². The van der Waals surface area contributed by atoms with E-state index >= 15 is 0 Å². The number of hydrogen-bond donors (Lipinski definition) is 0. The first-order valence-electron chi connectivity index (χ1n) is 4.68. The van der Waals surface area contributed by atoms with E-state index in [4.69, 9.17) is 4.74 Å². The van der Waals surface area contributed by atoms with Gasteiger partial charge in [-0.3, -0.25) is 0 Å². The fourth-order valence-corrected chi connectivity index (χ4v) is 3.56. The molecule has 3 rings (SSSR count). The van der Waals surface area contributed by atoms with Crippen molar-refractivity contribution in [1.82, 2.24) is 0 Å². The van der Waals surface area contributed by atoms with Gasteiger partial charge in [-0.05, 0) is 56.1 Å². The second-order valence-electron chi connectivity index (χ2n) is 3.34. The summed E-state index contributed by atoms with van der Waals surface area (Å²) >= 11 is 8.79. The molecule has 2 aromatic rings. The van der Waals surface area contributed by atoms with Gasteiger partial charge in [0.1, 0.15) is 11.5 Å². The highest BCUT2D eigenvalue weighted by Gasteiger charge is 2.20. The van der Waals surface area contributed by atoms with Crippen molar-refractivity contribution in [2.45, 2.75) is 9.79 Å². The highest BCUT2D eigenvalue weighted by Crippen LogP contribution is 2.51. The van der Waals surface area contributed by atoms with E-state index < -0.39 is 0 Å². The van der Waals surface area contributed by atoms with Crippen molar-refractivity contribution in [2.75, 3.05) is 0 Å². The molecule has 1 heterocycles. The lowest BCUT2D eigenvalue weighted by atomic mass is 10.3. The largest absolute Gasteiger partial charge is 0.455 e. The molecule has 80 valence electrons. The minimum absolute atomic E-state index is 0.902. The maximum absolute atomic E-state index is 5.84. The highest BCUT2D eigenvalue weighted by atomic mass is 79.9. The van der Waals surface area contributed by atoms with Crippen LogP contribution in [-0.4, -0.2) is 0 Å². The molecule has 1 nitrogen and oxygen atoms in total. The van der Waals surface area contributed by atoms with Crippen LogP contribution in [0.2, 0.25) is 0 Å². The third kappa shape index (κ3) is 1.69. The van der Waals surface area contributed by atoms with Crippen LogP contribution in [0.5, 0.6) is 11.5 Å². The number of hydrogen-bond acceptors (Lipinski definition) is 2. The second-order valence-corrected chi connectivity index (χ2v) is 6.04. The Balaban J connectivity index is 2.16. The summed E-state index contributed by atoms with van der Waals surface area (Å²) in [6.45, 7) is 0. The lowest BCUT2D eigenvalue weighted by Crippen LogP contribution is -1.95. The average molecular weight is 358 g/mol. The summed E-state index contributed by atoms with van der Waals surface area (Å²) in [6.07, 6.45) is 0. The van der Waals surface area contributed by atoms with Crippen molar-refractivity contribution < 1.29 is 4.74 Å². The number of halogens is 2. The monoisotopic (exact) mass is 356 g/mol. The summed E-state index contributed by atoms with van der Waals surface area (Å²) in [7, 11) is 0. The van der Waals surface area contributed by atoms with E-state index in [1.807, 2.05) is 30.3 Å². The number of benzene rings is 2. The topological polar surface area (TPSA) is 9.23 Å². The maximum atomic E-state index is 5.84. The van der Waals surface area contributed by atoms with Crippen LogP contribution < -0.4 is 4.74 Å². The molecule has 4 heteroatoms. The molecule has 0 aliphatic carbocycles. The van der Waals surface area contributed by atoms with E-state index in [-0.39, 0.29) is 0 Å². The first kappa shape index (κ1) is 10.7. The van der Waals surface area contributed by atoms with E-state index in [1.165, 1.54) is 0 Å². The van der Waals surface area contributed by atoms with Crippen LogP contribution in [-0.2, 0) is 0 Å². The Morgan fingerprint density at radius 3 is 2.62 bits per heavy atom. The molecular formula is C12H6Br2OS. The summed E-state index contributed by atoms with van der Waals surface area (Å²) in [5.74, 6) is 1.83. The molecule has 0 radical (unpaired) electrons. The molecular weight excluding hydrogens is 352 g/mol. The summed E-state index contributed by atoms with van der Waals surface area (Å²) in [6, 6.07) is 12.0. The van der Waals surface area contributed by atoms with Crippen LogP contribution in [0.15, 0.2) is 55.1 Å². The van der Waals surface area contributed by atoms with Crippen LogP contribution in [0.3, 0.4) is 0 Å². The Bertz CT molecular complexity index is 569. The Morgan fingerprint density at radius 1 is 0.938 bits per heavy atom. The van der Waals surface area contributed by atoms with E-state index in [0.29, 0.717) is 0 Å². The lowest BCUT2D eigenvalue weighted by molar-refractivity contribution is 0.453. The van der Waals surface area contributed by atoms with Gasteiger partial charge in [-0.2, -0.15) is 0 Å². The summed E-state index contributed by atoms with van der Waals surface area (Å²) in [5, 5.41) is 0. The van der Waals surface area contributed by atoms with Gasteiger partial charge in [-0.15, -0.1) is 0 Å². The molecule has 16 heavy (non-hydrogen) atoms. The number of para-hydroxylation sites is 1. The fraction of sp³-hybridized carbons (Fsp3) is 0. The van der Waals surface area contributed by atoms with Crippen molar-refractivity contribution in [3.8, 4) is 11.5 Å². The minimum Gasteiger partial charge on any atom is -0.455 e. The molecule has 0 saturated heterocycles. The van der Waals surface area contributed by atoms with Gasteiger partial charge in [-0.25, -0.2) is 0 Å². The van der Waals surface area contributed by atoms with Gasteiger partial charge in [0.25, 0.3) is 0 Å². The van der Waals surface area contributed by atoms with Gasteiger partial charge < -0.3 is 4.74 Å². The first-order valence-corrected chi connectivity index (χ1v) is 7.08. The Hall–Kier alpha value is -0.450. The maximum Gasteiger partial charge on any atom is 0.142 e. The zero-order chi connectivity index (χ0) is 11.1. The molecule has 0 bridgehead atoms. The molecule has 0 amide bonds. The van der Waals surface area contributed by atoms with Crippen LogP contribution in [0.25, 0.3) is 0 Å². The minimum atomic E-state index is 0.902. The molecule has 0 unspecified atom stereocenters. The summed E-state index contributed by atoms with van der Waals surface area (Å²) in [5.41, 5.74) is 0. The molecule has 0 N–H and O–H groups in total. The van der Waals surface area contributed by atoms with Gasteiger partial charge >= 0.3 is 0 Å². The van der Waals surface area contributed by atoms with Crippen LogP contribution in [0, 0.1) is 0 Å². The third-order valence-electron chi connectivity index (χ3n) is 2.29. The Labute approximate surface area is 114 Å². The predicted octanol–water partition coefficient (Wildman–Crippen LogP) is 5.47. The number of fused-ring (bicyclic) bond motifs is 2. The average Bonchev–Trinajstić information content (AvgIpc) is 2.32. The van der Waals surface area contributed by atoms with Crippen LogP contribution >= 0.6 is 43.6 Å². The lowest BCUT2D eigenvalue weighted by Gasteiger charge is -2.20. The number of ether oxygens (including phenoxy) is 1. The molecule has 1 aliphatic heterocycles. The molecule has 1 aliphatic rings. The summed E-state index contributed by atoms with van der Waals surface area (Å²) in [4.78, 5) is 2.27. The SMILES string of the molecule is Brc1ccc2c(c1Br)Sc1ccccc1O2. The molecule has 0 saturated carbocycles. The van der Waals surface area contributed by atoms with Crippen molar-refractivity contribution in [3.05, 3.63) is 45.3 Å². The summed E-state index contributed by atoms with van der Waals surface area (Å²) < 4.78 is 7.93. The van der Waals surface area contributed by atoms with E-state index in [1.54, 1.807) is 11.8 Å². The highest BCUT2D eigenvalue weighted by molar-refractivity contribution is 9.13. The second kappa shape index (κ2) is 4.09. The van der Waals surface area contributed by atoms with Crippen LogP contribution in [0.1, 0.15) is 0 Å². The molecule has 0 aromatic heterocycles. The van der Waals surface area contributed by atoms with Crippen molar-refractivity contribution in [3.63, 3.8) is 0 Å². The van der Waals surface area contributed by atoms with Gasteiger partial charge in [0.15, 0.2) is 0 Å². The quantitative estimate of drug-likeness (QED) is 0.527. The van der Waals surface area contributed by atoms with E-state index in [0.717, 1.165) is 30.2 Å². The van der Waals surface area contributed by atoms with Crippen molar-refractivity contribution >= 4 is 43.6 Å². The van der Waals surface area contributed by atoms with Gasteiger partial charge in [0.05, 0.1) is 9.79 Å². The molecule has 0 spiro atoms. The van der Waals surface area contributed by atoms with Crippen LogP contribution in [0.4, 0.5) is 0 Å². The predicted molar refractivity (Wildman–Crippen MR) is 72.5 cm³/mol. The van der Waals surface area contributed by atoms with Crippen molar-refractivity contribution in [1.29, 1.82) is 0 Å². The first-order chi connectivity index (χ1) is 7.75. The fourth-order valence-electron chi connectivity index (χ4n) is 1.54. The zero-order valence-electron chi connectivity index (χ0n) is 8.04.